The Kier molecular flexibility index (Phi) is 6.21. The molecule has 1 fully saturated rings. The molecule has 2 aromatic rings. The first kappa shape index (κ1) is 18.8. The minimum atomic E-state index is 0.0220. The van der Waals surface area contributed by atoms with E-state index in [1.165, 1.54) is 5.56 Å². The molecule has 0 radical (unpaired) electrons. The fraction of sp³-hybridized carbons (Fsp3) is 0.632. The van der Waals surface area contributed by atoms with Gasteiger partial charge in [-0.1, -0.05) is 6.07 Å². The van der Waals surface area contributed by atoms with Gasteiger partial charge in [0, 0.05) is 44.5 Å². The molecular weight excluding hydrogens is 328 g/mol. The van der Waals surface area contributed by atoms with Gasteiger partial charge in [0.1, 0.15) is 5.82 Å². The van der Waals surface area contributed by atoms with Crippen LogP contribution in [0.1, 0.15) is 37.1 Å². The minimum Gasteiger partial charge on any atom is -0.308 e. The van der Waals surface area contributed by atoms with Gasteiger partial charge in [-0.2, -0.15) is 5.10 Å². The summed E-state index contributed by atoms with van der Waals surface area (Å²) < 4.78 is 3.49. The molecule has 1 aliphatic heterocycles. The molecule has 3 heterocycles. The molecular formula is C19H30N6O. The third-order valence-electron chi connectivity index (χ3n) is 5.03. The maximum Gasteiger partial charge on any atom is 0.345 e. The van der Waals surface area contributed by atoms with E-state index >= 15 is 0 Å². The Morgan fingerprint density at radius 1 is 1.35 bits per heavy atom. The summed E-state index contributed by atoms with van der Waals surface area (Å²) in [7, 11) is 4.03. The van der Waals surface area contributed by atoms with E-state index in [1.54, 1.807) is 4.68 Å². The summed E-state index contributed by atoms with van der Waals surface area (Å²) in [5, 5.41) is 4.72. The number of pyridine rings is 1. The van der Waals surface area contributed by atoms with Crippen LogP contribution in [0.2, 0.25) is 0 Å². The Hall–Kier alpha value is -1.99. The normalized spacial score (nSPS) is 18.5. The summed E-state index contributed by atoms with van der Waals surface area (Å²) >= 11 is 0. The van der Waals surface area contributed by atoms with Gasteiger partial charge in [0.2, 0.25) is 0 Å². The molecule has 3 rings (SSSR count). The first-order valence-corrected chi connectivity index (χ1v) is 9.52. The monoisotopic (exact) mass is 358 g/mol. The number of piperidine rings is 1. The fourth-order valence-corrected chi connectivity index (χ4v) is 3.66. The predicted octanol–water partition coefficient (Wildman–Crippen LogP) is 1.40. The number of likely N-dealkylation sites (N-methyl/N-ethyl adjacent to an activating group) is 1. The number of hydrogen-bond acceptors (Lipinski definition) is 5. The van der Waals surface area contributed by atoms with Crippen LogP contribution in [0.15, 0.2) is 29.3 Å². The average molecular weight is 358 g/mol. The summed E-state index contributed by atoms with van der Waals surface area (Å²) in [5.41, 5.74) is 1.26. The summed E-state index contributed by atoms with van der Waals surface area (Å²) in [5.74, 6) is 1.26. The van der Waals surface area contributed by atoms with Gasteiger partial charge in [-0.15, -0.1) is 0 Å². The lowest BCUT2D eigenvalue weighted by molar-refractivity contribution is 0.194. The molecule has 0 bridgehead atoms. The maximum absolute atomic E-state index is 12.7. The van der Waals surface area contributed by atoms with E-state index in [0.717, 1.165) is 44.8 Å². The minimum absolute atomic E-state index is 0.0220. The van der Waals surface area contributed by atoms with Crippen LogP contribution in [0, 0.1) is 0 Å². The van der Waals surface area contributed by atoms with Crippen molar-refractivity contribution in [2.45, 2.75) is 45.3 Å². The van der Waals surface area contributed by atoms with Crippen molar-refractivity contribution in [3.63, 3.8) is 0 Å². The summed E-state index contributed by atoms with van der Waals surface area (Å²) in [6.45, 7) is 7.09. The quantitative estimate of drug-likeness (QED) is 0.749. The lowest BCUT2D eigenvalue weighted by atomic mass is 9.96. The van der Waals surface area contributed by atoms with Crippen molar-refractivity contribution in [1.82, 2.24) is 29.1 Å². The zero-order chi connectivity index (χ0) is 18.5. The van der Waals surface area contributed by atoms with Crippen molar-refractivity contribution >= 4 is 0 Å². The molecule has 7 nitrogen and oxygen atoms in total. The highest BCUT2D eigenvalue weighted by atomic mass is 16.2. The Bertz CT molecular complexity index is 751. The molecule has 2 aromatic heterocycles. The largest absolute Gasteiger partial charge is 0.345 e. The first-order valence-electron chi connectivity index (χ1n) is 9.52. The lowest BCUT2D eigenvalue weighted by Crippen LogP contribution is -2.35. The summed E-state index contributed by atoms with van der Waals surface area (Å²) in [4.78, 5) is 21.4. The average Bonchev–Trinajstić information content (AvgIpc) is 2.97. The SMILES string of the molecule is CCn1c(C2CCCN(Cc3cccnc3)C2)nn(CCN(C)C)c1=O. The van der Waals surface area contributed by atoms with Gasteiger partial charge in [0.25, 0.3) is 0 Å². The van der Waals surface area contributed by atoms with Gasteiger partial charge in [-0.3, -0.25) is 14.5 Å². The first-order chi connectivity index (χ1) is 12.6. The highest BCUT2D eigenvalue weighted by Crippen LogP contribution is 2.26. The molecule has 0 saturated carbocycles. The van der Waals surface area contributed by atoms with E-state index in [1.807, 2.05) is 44.0 Å². The molecule has 0 aromatic carbocycles. The van der Waals surface area contributed by atoms with E-state index in [-0.39, 0.29) is 5.69 Å². The van der Waals surface area contributed by atoms with E-state index < -0.39 is 0 Å². The van der Waals surface area contributed by atoms with Gasteiger partial charge >= 0.3 is 5.69 Å². The Morgan fingerprint density at radius 2 is 2.19 bits per heavy atom. The smallest absolute Gasteiger partial charge is 0.308 e. The second kappa shape index (κ2) is 8.60. The third-order valence-corrected chi connectivity index (χ3v) is 5.03. The second-order valence-corrected chi connectivity index (χ2v) is 7.35. The number of hydrogen-bond donors (Lipinski definition) is 0. The predicted molar refractivity (Wildman–Crippen MR) is 102 cm³/mol. The third kappa shape index (κ3) is 4.40. The van der Waals surface area contributed by atoms with Gasteiger partial charge in [0.15, 0.2) is 0 Å². The van der Waals surface area contributed by atoms with Crippen LogP contribution in [0.5, 0.6) is 0 Å². The molecule has 1 saturated heterocycles. The molecule has 1 aliphatic rings. The molecule has 0 amide bonds. The molecule has 7 heteroatoms. The topological polar surface area (TPSA) is 59.2 Å². The Morgan fingerprint density at radius 3 is 2.88 bits per heavy atom. The standard InChI is InChI=1S/C19H30N6O/c1-4-24-18(21-25(19(24)26)12-11-22(2)3)17-8-6-10-23(15-17)14-16-7-5-9-20-13-16/h5,7,9,13,17H,4,6,8,10-12,14-15H2,1-3H3. The van der Waals surface area contributed by atoms with Crippen LogP contribution in [0.3, 0.4) is 0 Å². The molecule has 1 atom stereocenters. The zero-order valence-corrected chi connectivity index (χ0v) is 16.1. The summed E-state index contributed by atoms with van der Waals surface area (Å²) in [6.07, 6.45) is 5.96. The van der Waals surface area contributed by atoms with E-state index in [9.17, 15) is 4.79 Å². The molecule has 0 N–H and O–H groups in total. The van der Waals surface area contributed by atoms with E-state index in [4.69, 9.17) is 5.10 Å². The van der Waals surface area contributed by atoms with Gasteiger partial charge in [-0.05, 0) is 52.0 Å². The van der Waals surface area contributed by atoms with Gasteiger partial charge in [-0.25, -0.2) is 9.48 Å². The number of aromatic nitrogens is 4. The molecule has 0 aliphatic carbocycles. The lowest BCUT2D eigenvalue weighted by Gasteiger charge is -2.32. The van der Waals surface area contributed by atoms with Gasteiger partial charge < -0.3 is 4.90 Å². The van der Waals surface area contributed by atoms with Crippen LogP contribution in [-0.2, 0) is 19.6 Å². The van der Waals surface area contributed by atoms with Crippen LogP contribution < -0.4 is 5.69 Å². The van der Waals surface area contributed by atoms with Crippen LogP contribution in [-0.4, -0.2) is 62.9 Å². The van der Waals surface area contributed by atoms with Crippen molar-refractivity contribution in [1.29, 1.82) is 0 Å². The van der Waals surface area contributed by atoms with Crippen LogP contribution >= 0.6 is 0 Å². The number of nitrogens with zero attached hydrogens (tertiary/aromatic N) is 6. The van der Waals surface area contributed by atoms with Gasteiger partial charge in [0.05, 0.1) is 6.54 Å². The van der Waals surface area contributed by atoms with Crippen molar-refractivity contribution < 1.29 is 0 Å². The van der Waals surface area contributed by atoms with Crippen molar-refractivity contribution in [3.05, 3.63) is 46.4 Å². The second-order valence-electron chi connectivity index (χ2n) is 7.35. The maximum atomic E-state index is 12.7. The zero-order valence-electron chi connectivity index (χ0n) is 16.1. The van der Waals surface area contributed by atoms with E-state index in [2.05, 4.69) is 20.9 Å². The van der Waals surface area contributed by atoms with Crippen molar-refractivity contribution in [2.24, 2.45) is 0 Å². The highest BCUT2D eigenvalue weighted by molar-refractivity contribution is 5.09. The van der Waals surface area contributed by atoms with Crippen molar-refractivity contribution in [3.8, 4) is 0 Å². The molecule has 142 valence electrons. The molecule has 0 spiro atoms. The Balaban J connectivity index is 1.75. The highest BCUT2D eigenvalue weighted by Gasteiger charge is 2.27. The van der Waals surface area contributed by atoms with Crippen LogP contribution in [0.25, 0.3) is 0 Å². The summed E-state index contributed by atoms with van der Waals surface area (Å²) in [6, 6.07) is 4.10. The molecule has 26 heavy (non-hydrogen) atoms. The van der Waals surface area contributed by atoms with E-state index in [0.29, 0.717) is 19.0 Å². The fourth-order valence-electron chi connectivity index (χ4n) is 3.66. The number of likely N-dealkylation sites (tertiary alicyclic amines) is 1. The van der Waals surface area contributed by atoms with Crippen molar-refractivity contribution in [2.75, 3.05) is 33.7 Å². The van der Waals surface area contributed by atoms with Crippen LogP contribution in [0.4, 0.5) is 0 Å². The molecule has 1 unspecified atom stereocenters. The Labute approximate surface area is 155 Å². The number of rotatable bonds is 7.